The van der Waals surface area contributed by atoms with Gasteiger partial charge in [0.05, 0.1) is 17.6 Å². The molecule has 1 aliphatic rings. The van der Waals surface area contributed by atoms with Crippen molar-refractivity contribution in [2.45, 2.75) is 38.2 Å². The molecule has 1 unspecified atom stereocenters. The quantitative estimate of drug-likeness (QED) is 0.779. The third-order valence-corrected chi connectivity index (χ3v) is 5.25. The summed E-state index contributed by atoms with van der Waals surface area (Å²) in [5, 5.41) is 3.30. The van der Waals surface area contributed by atoms with E-state index in [2.05, 4.69) is 46.5 Å². The normalized spacial score (nSPS) is 16.9. The van der Waals surface area contributed by atoms with Gasteiger partial charge in [0, 0.05) is 18.5 Å². The molecule has 106 valence electrons. The third kappa shape index (κ3) is 2.76. The second-order valence-electron chi connectivity index (χ2n) is 5.22. The summed E-state index contributed by atoms with van der Waals surface area (Å²) in [6.07, 6.45) is 2.23. The van der Waals surface area contributed by atoms with Gasteiger partial charge >= 0.3 is 0 Å². The first-order chi connectivity index (χ1) is 9.81. The van der Waals surface area contributed by atoms with Crippen LogP contribution in [0.4, 0.5) is 0 Å². The topological polar surface area (TPSA) is 16.1 Å². The second-order valence-corrected chi connectivity index (χ2v) is 6.38. The fourth-order valence-electron chi connectivity index (χ4n) is 2.91. The molecule has 0 amide bonds. The average Bonchev–Trinajstić information content (AvgIpc) is 2.97. The van der Waals surface area contributed by atoms with Gasteiger partial charge in [0.1, 0.15) is 5.01 Å². The SMILES string of the molecule is CCC(c1nc(CCl)cs1)N1CCc2ccccc2C1. The number of aromatic nitrogens is 1. The van der Waals surface area contributed by atoms with Gasteiger partial charge in [-0.1, -0.05) is 31.2 Å². The van der Waals surface area contributed by atoms with Crippen molar-refractivity contribution < 1.29 is 0 Å². The van der Waals surface area contributed by atoms with E-state index in [4.69, 9.17) is 11.6 Å². The molecule has 1 aromatic heterocycles. The van der Waals surface area contributed by atoms with Gasteiger partial charge in [-0.2, -0.15) is 0 Å². The number of fused-ring (bicyclic) bond motifs is 1. The van der Waals surface area contributed by atoms with Crippen molar-refractivity contribution in [3.63, 3.8) is 0 Å². The number of benzene rings is 1. The van der Waals surface area contributed by atoms with Crippen molar-refractivity contribution >= 4 is 22.9 Å². The molecule has 0 radical (unpaired) electrons. The number of halogens is 1. The first kappa shape index (κ1) is 14.1. The van der Waals surface area contributed by atoms with Crippen LogP contribution >= 0.6 is 22.9 Å². The zero-order valence-electron chi connectivity index (χ0n) is 11.7. The summed E-state index contributed by atoms with van der Waals surface area (Å²) in [6, 6.07) is 9.20. The van der Waals surface area contributed by atoms with Gasteiger partial charge in [0.15, 0.2) is 0 Å². The Hall–Kier alpha value is -0.900. The molecule has 2 nitrogen and oxygen atoms in total. The molecule has 2 aromatic rings. The van der Waals surface area contributed by atoms with Crippen molar-refractivity contribution in [3.8, 4) is 0 Å². The van der Waals surface area contributed by atoms with Crippen LogP contribution in [-0.2, 0) is 18.8 Å². The zero-order valence-corrected chi connectivity index (χ0v) is 13.3. The Morgan fingerprint density at radius 1 is 1.35 bits per heavy atom. The van der Waals surface area contributed by atoms with Gasteiger partial charge < -0.3 is 0 Å². The highest BCUT2D eigenvalue weighted by Gasteiger charge is 2.25. The third-order valence-electron chi connectivity index (χ3n) is 3.98. The molecule has 0 saturated heterocycles. The van der Waals surface area contributed by atoms with E-state index in [-0.39, 0.29) is 0 Å². The molecule has 2 heterocycles. The van der Waals surface area contributed by atoms with E-state index in [0.717, 1.165) is 31.6 Å². The summed E-state index contributed by atoms with van der Waals surface area (Å²) in [5.41, 5.74) is 3.97. The van der Waals surface area contributed by atoms with Crippen LogP contribution in [0.2, 0.25) is 0 Å². The molecule has 20 heavy (non-hydrogen) atoms. The van der Waals surface area contributed by atoms with Crippen molar-refractivity contribution in [1.82, 2.24) is 9.88 Å². The highest BCUT2D eigenvalue weighted by Crippen LogP contribution is 2.31. The summed E-state index contributed by atoms with van der Waals surface area (Å²) in [7, 11) is 0. The Kier molecular flexibility index (Phi) is 4.39. The molecule has 0 saturated carbocycles. The predicted octanol–water partition coefficient (Wildman–Crippen LogP) is 4.39. The lowest BCUT2D eigenvalue weighted by Gasteiger charge is -2.34. The number of hydrogen-bond acceptors (Lipinski definition) is 3. The van der Waals surface area contributed by atoms with Crippen molar-refractivity contribution in [2.24, 2.45) is 0 Å². The van der Waals surface area contributed by atoms with Crippen LogP contribution in [0.15, 0.2) is 29.6 Å². The van der Waals surface area contributed by atoms with E-state index in [0.29, 0.717) is 11.9 Å². The summed E-state index contributed by atoms with van der Waals surface area (Å²) in [4.78, 5) is 7.23. The predicted molar refractivity (Wildman–Crippen MR) is 85.3 cm³/mol. The fraction of sp³-hybridized carbons (Fsp3) is 0.438. The second kappa shape index (κ2) is 6.25. The summed E-state index contributed by atoms with van der Waals surface area (Å²) in [6.45, 7) is 4.39. The van der Waals surface area contributed by atoms with Crippen LogP contribution in [0.5, 0.6) is 0 Å². The highest BCUT2D eigenvalue weighted by atomic mass is 35.5. The van der Waals surface area contributed by atoms with E-state index in [1.54, 1.807) is 11.3 Å². The Morgan fingerprint density at radius 2 is 2.15 bits per heavy atom. The Balaban J connectivity index is 1.81. The minimum atomic E-state index is 0.422. The van der Waals surface area contributed by atoms with Crippen LogP contribution < -0.4 is 0 Å². The number of rotatable bonds is 4. The average molecular weight is 307 g/mol. The maximum Gasteiger partial charge on any atom is 0.110 e. The van der Waals surface area contributed by atoms with Gasteiger partial charge in [-0.3, -0.25) is 4.90 Å². The fourth-order valence-corrected chi connectivity index (χ4v) is 4.17. The van der Waals surface area contributed by atoms with E-state index in [1.807, 2.05) is 0 Å². The molecule has 0 N–H and O–H groups in total. The first-order valence-electron chi connectivity index (χ1n) is 7.13. The molecular weight excluding hydrogens is 288 g/mol. The first-order valence-corrected chi connectivity index (χ1v) is 8.54. The van der Waals surface area contributed by atoms with Gasteiger partial charge in [-0.15, -0.1) is 22.9 Å². The lowest BCUT2D eigenvalue weighted by atomic mass is 9.98. The zero-order chi connectivity index (χ0) is 13.9. The van der Waals surface area contributed by atoms with Crippen molar-refractivity contribution in [2.75, 3.05) is 6.54 Å². The Labute approximate surface area is 129 Å². The van der Waals surface area contributed by atoms with E-state index < -0.39 is 0 Å². The van der Waals surface area contributed by atoms with Crippen LogP contribution in [0.3, 0.4) is 0 Å². The lowest BCUT2D eigenvalue weighted by molar-refractivity contribution is 0.174. The van der Waals surface area contributed by atoms with Crippen LogP contribution in [0.1, 0.15) is 41.2 Å². The number of nitrogens with zero attached hydrogens (tertiary/aromatic N) is 2. The van der Waals surface area contributed by atoms with Crippen LogP contribution in [-0.4, -0.2) is 16.4 Å². The maximum absolute atomic E-state index is 5.87. The van der Waals surface area contributed by atoms with Gasteiger partial charge in [0.25, 0.3) is 0 Å². The van der Waals surface area contributed by atoms with E-state index >= 15 is 0 Å². The molecule has 0 bridgehead atoms. The van der Waals surface area contributed by atoms with E-state index in [1.165, 1.54) is 16.1 Å². The smallest absolute Gasteiger partial charge is 0.110 e. The largest absolute Gasteiger partial charge is 0.289 e. The minimum Gasteiger partial charge on any atom is -0.289 e. The number of alkyl halides is 1. The molecule has 0 fully saturated rings. The maximum atomic E-state index is 5.87. The Bertz CT molecular complexity index is 581. The number of thiazole rings is 1. The summed E-state index contributed by atoms with van der Waals surface area (Å²) in [5.74, 6) is 0.510. The summed E-state index contributed by atoms with van der Waals surface area (Å²) >= 11 is 7.62. The molecule has 0 aliphatic carbocycles. The van der Waals surface area contributed by atoms with Crippen molar-refractivity contribution in [1.29, 1.82) is 0 Å². The Morgan fingerprint density at radius 3 is 2.85 bits per heavy atom. The minimum absolute atomic E-state index is 0.422. The molecule has 1 aromatic carbocycles. The molecule has 1 atom stereocenters. The van der Waals surface area contributed by atoms with Gasteiger partial charge in [-0.05, 0) is 24.0 Å². The monoisotopic (exact) mass is 306 g/mol. The van der Waals surface area contributed by atoms with Crippen LogP contribution in [0, 0.1) is 0 Å². The van der Waals surface area contributed by atoms with Crippen LogP contribution in [0.25, 0.3) is 0 Å². The molecular formula is C16H19ClN2S. The molecule has 4 heteroatoms. The molecule has 0 spiro atoms. The summed E-state index contributed by atoms with van der Waals surface area (Å²) < 4.78 is 0. The number of hydrogen-bond donors (Lipinski definition) is 0. The van der Waals surface area contributed by atoms with Gasteiger partial charge in [-0.25, -0.2) is 4.98 Å². The molecule has 3 rings (SSSR count). The highest BCUT2D eigenvalue weighted by molar-refractivity contribution is 7.09. The van der Waals surface area contributed by atoms with E-state index in [9.17, 15) is 0 Å². The lowest BCUT2D eigenvalue weighted by Crippen LogP contribution is -2.33. The van der Waals surface area contributed by atoms with Crippen molar-refractivity contribution in [3.05, 3.63) is 51.5 Å². The standard InChI is InChI=1S/C16H19ClN2S/c1-2-15(16-18-14(9-17)11-20-16)19-8-7-12-5-3-4-6-13(12)10-19/h3-6,11,15H,2,7-10H2,1H3. The molecule has 1 aliphatic heterocycles. The van der Waals surface area contributed by atoms with Gasteiger partial charge in [0.2, 0.25) is 0 Å².